The lowest BCUT2D eigenvalue weighted by Gasteiger charge is -2.04. The van der Waals surface area contributed by atoms with Gasteiger partial charge in [0.05, 0.1) is 4.92 Å². The zero-order valence-electron chi connectivity index (χ0n) is 12.6. The van der Waals surface area contributed by atoms with Gasteiger partial charge in [-0.25, -0.2) is 4.99 Å². The summed E-state index contributed by atoms with van der Waals surface area (Å²) in [4.78, 5) is 27.1. The Morgan fingerprint density at radius 1 is 1.25 bits per heavy atom. The second-order valence-corrected chi connectivity index (χ2v) is 5.31. The zero-order valence-corrected chi connectivity index (χ0v) is 13.4. The third-order valence-corrected chi connectivity index (χ3v) is 3.63. The number of nitriles is 1. The predicted molar refractivity (Wildman–Crippen MR) is 92.3 cm³/mol. The fourth-order valence-corrected chi connectivity index (χ4v) is 2.28. The molecule has 2 rings (SSSR count). The van der Waals surface area contributed by atoms with E-state index in [1.54, 1.807) is 42.8 Å². The van der Waals surface area contributed by atoms with E-state index < -0.39 is 4.92 Å². The molecule has 24 heavy (non-hydrogen) atoms. The van der Waals surface area contributed by atoms with Crippen molar-refractivity contribution in [1.82, 2.24) is 5.32 Å². The van der Waals surface area contributed by atoms with Crippen LogP contribution in [-0.2, 0) is 0 Å². The van der Waals surface area contributed by atoms with E-state index in [9.17, 15) is 14.9 Å². The average Bonchev–Trinajstić information content (AvgIpc) is 2.61. The van der Waals surface area contributed by atoms with Crippen LogP contribution in [0.3, 0.4) is 0 Å². The first-order chi connectivity index (χ1) is 11.6. The first kappa shape index (κ1) is 17.2. The molecule has 7 nitrogen and oxygen atoms in total. The van der Waals surface area contributed by atoms with Gasteiger partial charge in [0.25, 0.3) is 5.69 Å². The molecule has 0 amide bonds. The highest BCUT2D eigenvalue weighted by molar-refractivity contribution is 8.13. The van der Waals surface area contributed by atoms with Crippen LogP contribution in [0.15, 0.2) is 53.5 Å². The van der Waals surface area contributed by atoms with E-state index in [-0.39, 0.29) is 27.9 Å². The van der Waals surface area contributed by atoms with Crippen molar-refractivity contribution in [2.45, 2.75) is 0 Å². The number of amidine groups is 1. The molecule has 0 atom stereocenters. The van der Waals surface area contributed by atoms with Gasteiger partial charge in [-0.3, -0.25) is 20.2 Å². The molecule has 0 bridgehead atoms. The Kier molecular flexibility index (Phi) is 5.65. The van der Waals surface area contributed by atoms with Crippen LogP contribution in [0.25, 0.3) is 0 Å². The lowest BCUT2D eigenvalue weighted by Crippen LogP contribution is -2.12. The molecular formula is C16H12N4O3S. The van der Waals surface area contributed by atoms with Crippen molar-refractivity contribution in [2.75, 3.05) is 6.26 Å². The first-order valence-corrected chi connectivity index (χ1v) is 7.95. The number of hydrogen-bond acceptors (Lipinski definition) is 6. The Morgan fingerprint density at radius 3 is 2.54 bits per heavy atom. The third-order valence-electron chi connectivity index (χ3n) is 3.05. The summed E-state index contributed by atoms with van der Waals surface area (Å²) in [6.07, 6.45) is 3.40. The molecule has 0 fully saturated rings. The van der Waals surface area contributed by atoms with E-state index in [1.807, 2.05) is 0 Å². The minimum Gasteiger partial charge on any atom is -0.289 e. The van der Waals surface area contributed by atoms with Crippen molar-refractivity contribution in [3.63, 3.8) is 0 Å². The highest BCUT2D eigenvalue weighted by Crippen LogP contribution is 2.30. The molecule has 0 saturated carbocycles. The van der Waals surface area contributed by atoms with Gasteiger partial charge in [0, 0.05) is 17.2 Å². The van der Waals surface area contributed by atoms with Crippen molar-refractivity contribution < 1.29 is 9.72 Å². The number of benzene rings is 2. The molecule has 0 aliphatic rings. The van der Waals surface area contributed by atoms with Gasteiger partial charge in [-0.2, -0.15) is 5.26 Å². The second kappa shape index (κ2) is 7.89. The van der Waals surface area contributed by atoms with Gasteiger partial charge >= 0.3 is 0 Å². The first-order valence-electron chi connectivity index (χ1n) is 6.72. The number of ketones is 1. The number of nitrogens with one attached hydrogen (secondary N) is 1. The van der Waals surface area contributed by atoms with Crippen LogP contribution in [0.2, 0.25) is 0 Å². The van der Waals surface area contributed by atoms with Crippen LogP contribution in [0.1, 0.15) is 15.9 Å². The van der Waals surface area contributed by atoms with Gasteiger partial charge in [0.1, 0.15) is 5.69 Å². The van der Waals surface area contributed by atoms with Crippen molar-refractivity contribution in [3.05, 3.63) is 69.8 Å². The van der Waals surface area contributed by atoms with E-state index in [0.29, 0.717) is 5.56 Å². The predicted octanol–water partition coefficient (Wildman–Crippen LogP) is 3.25. The SMILES string of the molecule is CSC(=Nc1ccc(C(=O)c2ccccc2)cc1[N+](=O)[O-])NC#N. The lowest BCUT2D eigenvalue weighted by molar-refractivity contribution is -0.384. The number of nitro benzene ring substituents is 1. The molecule has 2 aromatic carbocycles. The van der Waals surface area contributed by atoms with Gasteiger partial charge in [-0.15, -0.1) is 0 Å². The molecule has 8 heteroatoms. The maximum absolute atomic E-state index is 12.4. The van der Waals surface area contributed by atoms with Gasteiger partial charge in [0.15, 0.2) is 17.1 Å². The van der Waals surface area contributed by atoms with Gasteiger partial charge in [-0.1, -0.05) is 42.1 Å². The van der Waals surface area contributed by atoms with Gasteiger partial charge < -0.3 is 0 Å². The maximum atomic E-state index is 12.4. The summed E-state index contributed by atoms with van der Waals surface area (Å²) in [6.45, 7) is 0. The van der Waals surface area contributed by atoms with Crippen LogP contribution < -0.4 is 5.32 Å². The summed E-state index contributed by atoms with van der Waals surface area (Å²) in [5, 5.41) is 22.5. The molecule has 120 valence electrons. The largest absolute Gasteiger partial charge is 0.295 e. The van der Waals surface area contributed by atoms with Crippen molar-refractivity contribution in [2.24, 2.45) is 4.99 Å². The summed E-state index contributed by atoms with van der Waals surface area (Å²) in [5.41, 5.74) is 0.407. The maximum Gasteiger partial charge on any atom is 0.295 e. The summed E-state index contributed by atoms with van der Waals surface area (Å²) in [6, 6.07) is 12.6. The number of carbonyl (C=O) groups excluding carboxylic acids is 1. The molecule has 1 N–H and O–H groups in total. The number of nitrogens with zero attached hydrogens (tertiary/aromatic N) is 3. The second-order valence-electron chi connectivity index (χ2n) is 4.51. The number of nitro groups is 1. The van der Waals surface area contributed by atoms with E-state index in [1.165, 1.54) is 18.2 Å². The smallest absolute Gasteiger partial charge is 0.289 e. The van der Waals surface area contributed by atoms with Crippen LogP contribution in [0, 0.1) is 21.6 Å². The number of aliphatic imine (C=N–C) groups is 1. The van der Waals surface area contributed by atoms with Crippen LogP contribution in [0.5, 0.6) is 0 Å². The lowest BCUT2D eigenvalue weighted by atomic mass is 10.0. The van der Waals surface area contributed by atoms with E-state index in [4.69, 9.17) is 5.26 Å². The average molecular weight is 340 g/mol. The molecule has 0 spiro atoms. The van der Waals surface area contributed by atoms with E-state index in [2.05, 4.69) is 10.3 Å². The summed E-state index contributed by atoms with van der Waals surface area (Å²) >= 11 is 1.14. The van der Waals surface area contributed by atoms with Crippen LogP contribution in [-0.4, -0.2) is 22.1 Å². The fraction of sp³-hybridized carbons (Fsp3) is 0.0625. The number of thioether (sulfide) groups is 1. The monoisotopic (exact) mass is 340 g/mol. The molecule has 0 unspecified atom stereocenters. The minimum absolute atomic E-state index is 0.0664. The van der Waals surface area contributed by atoms with E-state index in [0.717, 1.165) is 11.8 Å². The topological polar surface area (TPSA) is 108 Å². The Bertz CT molecular complexity index is 844. The van der Waals surface area contributed by atoms with Crippen LogP contribution >= 0.6 is 11.8 Å². The Morgan fingerprint density at radius 2 is 1.96 bits per heavy atom. The van der Waals surface area contributed by atoms with Crippen molar-refractivity contribution in [1.29, 1.82) is 5.26 Å². The van der Waals surface area contributed by atoms with Crippen molar-refractivity contribution >= 4 is 34.1 Å². The van der Waals surface area contributed by atoms with Gasteiger partial charge in [0.2, 0.25) is 0 Å². The van der Waals surface area contributed by atoms with Crippen LogP contribution in [0.4, 0.5) is 11.4 Å². The molecule has 2 aromatic rings. The van der Waals surface area contributed by atoms with Gasteiger partial charge in [-0.05, 0) is 18.4 Å². The fourth-order valence-electron chi connectivity index (χ4n) is 1.94. The number of rotatable bonds is 4. The Hall–Kier alpha value is -3.18. The molecule has 0 saturated heterocycles. The molecular weight excluding hydrogens is 328 g/mol. The number of carbonyl (C=O) groups is 1. The molecule has 0 heterocycles. The summed E-state index contributed by atoms with van der Waals surface area (Å²) in [7, 11) is 0. The quantitative estimate of drug-likeness (QED) is 0.174. The summed E-state index contributed by atoms with van der Waals surface area (Å²) in [5.74, 6) is -0.311. The zero-order chi connectivity index (χ0) is 17.5. The molecule has 0 aliphatic carbocycles. The van der Waals surface area contributed by atoms with Crippen molar-refractivity contribution in [3.8, 4) is 6.19 Å². The minimum atomic E-state index is -0.606. The Balaban J connectivity index is 2.46. The normalized spacial score (nSPS) is 10.8. The standard InChI is InChI=1S/C16H12N4O3S/c1-24-16(18-10-17)19-13-8-7-12(9-14(13)20(22)23)15(21)11-5-3-2-4-6-11/h2-9H,1H3,(H,18,19). The number of hydrogen-bond donors (Lipinski definition) is 1. The highest BCUT2D eigenvalue weighted by Gasteiger charge is 2.18. The van der Waals surface area contributed by atoms with E-state index >= 15 is 0 Å². The highest BCUT2D eigenvalue weighted by atomic mass is 32.2. The summed E-state index contributed by atoms with van der Waals surface area (Å²) < 4.78 is 0. The molecule has 0 aromatic heterocycles. The third kappa shape index (κ3) is 3.97. The molecule has 0 aliphatic heterocycles. The Labute approximate surface area is 142 Å². The molecule has 0 radical (unpaired) electrons.